The van der Waals surface area contributed by atoms with Gasteiger partial charge < -0.3 is 19.5 Å². The highest BCUT2D eigenvalue weighted by molar-refractivity contribution is 8.22. The minimum absolute atomic E-state index is 0.134. The van der Waals surface area contributed by atoms with E-state index in [0.717, 1.165) is 4.91 Å². The fourth-order valence-electron chi connectivity index (χ4n) is 3.72. The van der Waals surface area contributed by atoms with Crippen LogP contribution in [0.1, 0.15) is 24.1 Å². The fourth-order valence-corrected chi connectivity index (χ4v) is 5.56. The monoisotopic (exact) mass is 476 g/mol. The molecule has 2 aromatic carbocycles. The molecule has 160 valence electrons. The normalized spacial score (nSPS) is 17.8. The lowest BCUT2D eigenvalue weighted by atomic mass is 9.93. The molecule has 0 saturated carbocycles. The molecule has 6 nitrogen and oxygen atoms in total. The molecule has 9 heteroatoms. The Bertz CT molecular complexity index is 1130. The number of aliphatic carboxylic acids is 1. The van der Waals surface area contributed by atoms with Crippen LogP contribution in [-0.2, 0) is 4.79 Å². The van der Waals surface area contributed by atoms with Crippen molar-refractivity contribution in [2.24, 2.45) is 4.99 Å². The summed E-state index contributed by atoms with van der Waals surface area (Å²) in [4.78, 5) is 19.4. The number of nitrogens with zero attached hydrogens (tertiary/aromatic N) is 2. The van der Waals surface area contributed by atoms with Crippen LogP contribution in [-0.4, -0.2) is 35.4 Å². The van der Waals surface area contributed by atoms with E-state index in [-0.39, 0.29) is 5.57 Å². The number of benzene rings is 2. The van der Waals surface area contributed by atoms with Crippen LogP contribution < -0.4 is 9.47 Å². The van der Waals surface area contributed by atoms with Crippen LogP contribution in [0.15, 0.2) is 58.9 Å². The molecule has 0 fully saturated rings. The third-order valence-electron chi connectivity index (χ3n) is 5.06. The Kier molecular flexibility index (Phi) is 5.92. The number of fused-ring (bicyclic) bond motifs is 1. The molecule has 2 heterocycles. The third-order valence-corrected chi connectivity index (χ3v) is 6.71. The van der Waals surface area contributed by atoms with E-state index in [9.17, 15) is 9.90 Å². The van der Waals surface area contributed by atoms with Crippen LogP contribution in [0.25, 0.3) is 4.91 Å². The van der Waals surface area contributed by atoms with Gasteiger partial charge in [0, 0.05) is 16.7 Å². The number of carbonyl (C=O) groups is 1. The molecule has 4 rings (SSSR count). The van der Waals surface area contributed by atoms with Crippen molar-refractivity contribution in [1.29, 1.82) is 0 Å². The van der Waals surface area contributed by atoms with Gasteiger partial charge >= 0.3 is 5.97 Å². The third kappa shape index (κ3) is 3.67. The van der Waals surface area contributed by atoms with Gasteiger partial charge in [-0.2, -0.15) is 0 Å². The molecule has 0 amide bonds. The number of hydrogen-bond acceptors (Lipinski definition) is 6. The summed E-state index contributed by atoms with van der Waals surface area (Å²) in [5.74, 6) is -0.0413. The van der Waals surface area contributed by atoms with Crippen molar-refractivity contribution in [2.75, 3.05) is 14.2 Å². The Morgan fingerprint density at radius 1 is 1.10 bits per heavy atom. The minimum atomic E-state index is -1.07. The first kappa shape index (κ1) is 21.6. The zero-order valence-corrected chi connectivity index (χ0v) is 19.2. The van der Waals surface area contributed by atoms with Gasteiger partial charge in [0.1, 0.15) is 17.5 Å². The molecule has 2 aliphatic rings. The second-order valence-corrected chi connectivity index (χ2v) is 8.60. The molecule has 2 aliphatic heterocycles. The van der Waals surface area contributed by atoms with Crippen molar-refractivity contribution in [3.63, 3.8) is 0 Å². The number of hydrogen-bond donors (Lipinski definition) is 1. The van der Waals surface area contributed by atoms with E-state index in [1.54, 1.807) is 48.2 Å². The Morgan fingerprint density at radius 2 is 1.68 bits per heavy atom. The second kappa shape index (κ2) is 8.49. The molecule has 0 bridgehead atoms. The van der Waals surface area contributed by atoms with Crippen molar-refractivity contribution < 1.29 is 19.4 Å². The molecule has 1 atom stereocenters. The molecule has 1 N–H and O–H groups in total. The van der Waals surface area contributed by atoms with E-state index in [1.165, 1.54) is 26.0 Å². The predicted octanol–water partition coefficient (Wildman–Crippen LogP) is 5.83. The fraction of sp³-hybridized carbons (Fsp3) is 0.182. The van der Waals surface area contributed by atoms with Gasteiger partial charge in [0.15, 0.2) is 5.17 Å². The number of rotatable bonds is 5. The summed E-state index contributed by atoms with van der Waals surface area (Å²) in [5, 5.41) is 11.7. The molecule has 31 heavy (non-hydrogen) atoms. The molecule has 0 saturated heterocycles. The van der Waals surface area contributed by atoms with Crippen molar-refractivity contribution >= 4 is 51.0 Å². The molecule has 0 aromatic heterocycles. The lowest BCUT2D eigenvalue weighted by Gasteiger charge is -2.34. The highest BCUT2D eigenvalue weighted by atomic mass is 35.5. The Balaban J connectivity index is 1.94. The minimum Gasteiger partial charge on any atom is -0.496 e. The summed E-state index contributed by atoms with van der Waals surface area (Å²) in [6, 6.07) is 9.91. The Morgan fingerprint density at radius 3 is 2.23 bits per heavy atom. The molecule has 0 radical (unpaired) electrons. The number of ether oxygens (including phenoxy) is 2. The number of aliphatic imine (C=N–C) groups is 1. The average molecular weight is 477 g/mol. The largest absolute Gasteiger partial charge is 0.496 e. The maximum Gasteiger partial charge on any atom is 0.335 e. The SMILES string of the molecule is COc1cccc(OC)c1[C@H]1C(C(=O)O)=C(C)N=C2SC(c3c(Cl)cccc3Cl)=CN21. The first-order valence-corrected chi connectivity index (χ1v) is 10.8. The van der Waals surface area contributed by atoms with E-state index in [0.29, 0.717) is 43.5 Å². The van der Waals surface area contributed by atoms with E-state index < -0.39 is 12.0 Å². The molecular formula is C22H18Cl2N2O4S. The van der Waals surface area contributed by atoms with Crippen molar-refractivity contribution in [1.82, 2.24) is 4.90 Å². The maximum atomic E-state index is 12.3. The molecule has 2 aromatic rings. The van der Waals surface area contributed by atoms with Crippen molar-refractivity contribution in [2.45, 2.75) is 13.0 Å². The number of carboxylic acid groups (broad SMARTS) is 1. The van der Waals surface area contributed by atoms with Crippen LogP contribution >= 0.6 is 35.0 Å². The Labute approximate surface area is 193 Å². The maximum absolute atomic E-state index is 12.3. The van der Waals surface area contributed by atoms with E-state index >= 15 is 0 Å². The molecule has 0 unspecified atom stereocenters. The number of methoxy groups -OCH3 is 2. The number of halogens is 2. The average Bonchev–Trinajstić information content (AvgIpc) is 3.14. The second-order valence-electron chi connectivity index (χ2n) is 6.78. The van der Waals surface area contributed by atoms with Gasteiger partial charge in [0.05, 0.1) is 41.1 Å². The first-order valence-electron chi connectivity index (χ1n) is 9.23. The van der Waals surface area contributed by atoms with Gasteiger partial charge in [-0.3, -0.25) is 0 Å². The lowest BCUT2D eigenvalue weighted by molar-refractivity contribution is -0.133. The summed E-state index contributed by atoms with van der Waals surface area (Å²) >= 11 is 14.2. The topological polar surface area (TPSA) is 71.4 Å². The summed E-state index contributed by atoms with van der Waals surface area (Å²) in [7, 11) is 3.08. The van der Waals surface area contributed by atoms with E-state index in [1.807, 2.05) is 6.20 Å². The zero-order valence-electron chi connectivity index (χ0n) is 16.8. The number of thioether (sulfide) groups is 1. The number of amidine groups is 1. The summed E-state index contributed by atoms with van der Waals surface area (Å²) in [5.41, 5.74) is 1.81. The standard InChI is InChI=1S/C22H18Cl2N2O4S/c1-11-17(21(27)28)20(19-14(29-2)8-5-9-15(19)30-3)26-10-16(31-22(26)25-11)18-12(23)6-4-7-13(18)24/h4-10,20H,1-3H3,(H,27,28)/t20-/m1/s1. The zero-order chi connectivity index (χ0) is 22.3. The van der Waals surface area contributed by atoms with Gasteiger partial charge in [0.25, 0.3) is 0 Å². The molecule has 0 spiro atoms. The van der Waals surface area contributed by atoms with E-state index in [4.69, 9.17) is 32.7 Å². The van der Waals surface area contributed by atoms with Crippen LogP contribution in [0.3, 0.4) is 0 Å². The summed E-state index contributed by atoms with van der Waals surface area (Å²) in [6.45, 7) is 1.68. The molecule has 0 aliphatic carbocycles. The lowest BCUT2D eigenvalue weighted by Crippen LogP contribution is -2.34. The summed E-state index contributed by atoms with van der Waals surface area (Å²) < 4.78 is 11.1. The number of allylic oxidation sites excluding steroid dienone is 1. The van der Waals surface area contributed by atoms with Gasteiger partial charge in [-0.25, -0.2) is 9.79 Å². The van der Waals surface area contributed by atoms with Crippen molar-refractivity contribution in [3.05, 3.63) is 75.0 Å². The van der Waals surface area contributed by atoms with E-state index in [2.05, 4.69) is 4.99 Å². The van der Waals surface area contributed by atoms with Crippen LogP contribution in [0.4, 0.5) is 0 Å². The quantitative estimate of drug-likeness (QED) is 0.585. The number of carboxylic acids is 1. The Hall–Kier alpha value is -2.61. The first-order chi connectivity index (χ1) is 14.9. The van der Waals surface area contributed by atoms with Crippen LogP contribution in [0, 0.1) is 0 Å². The van der Waals surface area contributed by atoms with Gasteiger partial charge in [0.2, 0.25) is 0 Å². The van der Waals surface area contributed by atoms with Gasteiger partial charge in [-0.1, -0.05) is 35.3 Å². The molecular weight excluding hydrogens is 459 g/mol. The van der Waals surface area contributed by atoms with Crippen LogP contribution in [0.2, 0.25) is 10.0 Å². The van der Waals surface area contributed by atoms with Crippen LogP contribution in [0.5, 0.6) is 11.5 Å². The van der Waals surface area contributed by atoms with Gasteiger partial charge in [-0.15, -0.1) is 0 Å². The highest BCUT2D eigenvalue weighted by Gasteiger charge is 2.42. The van der Waals surface area contributed by atoms with Crippen molar-refractivity contribution in [3.8, 4) is 11.5 Å². The smallest absolute Gasteiger partial charge is 0.335 e. The summed E-state index contributed by atoms with van der Waals surface area (Å²) in [6.07, 6.45) is 1.82. The highest BCUT2D eigenvalue weighted by Crippen LogP contribution is 2.51. The van der Waals surface area contributed by atoms with Gasteiger partial charge in [-0.05, 0) is 43.0 Å². The predicted molar refractivity (Wildman–Crippen MR) is 124 cm³/mol.